The molecule has 1 aliphatic rings. The highest BCUT2D eigenvalue weighted by Gasteiger charge is 2.33. The van der Waals surface area contributed by atoms with Crippen LogP contribution in [0.3, 0.4) is 0 Å². The minimum Gasteiger partial charge on any atom is -0.508 e. The lowest BCUT2D eigenvalue weighted by Crippen LogP contribution is -2.17. The Labute approximate surface area is 180 Å². The summed E-state index contributed by atoms with van der Waals surface area (Å²) < 4.78 is 0. The summed E-state index contributed by atoms with van der Waals surface area (Å²) in [5, 5.41) is 21.5. The third-order valence-corrected chi connectivity index (χ3v) is 5.92. The normalized spacial score (nSPS) is 13.1. The van der Waals surface area contributed by atoms with E-state index in [4.69, 9.17) is 0 Å². The SMILES string of the molecule is Cc1ccc(Cc2cnc3c(O)c4c(c(-c5ccc(O)cc5)c3c2)CN(C)C4=O)cc1. The van der Waals surface area contributed by atoms with Gasteiger partial charge >= 0.3 is 0 Å². The predicted molar refractivity (Wildman–Crippen MR) is 120 cm³/mol. The maximum Gasteiger partial charge on any atom is 0.258 e. The Morgan fingerprint density at radius 2 is 1.68 bits per heavy atom. The minimum absolute atomic E-state index is 0.0660. The second-order valence-electron chi connectivity index (χ2n) is 8.19. The average molecular weight is 410 g/mol. The summed E-state index contributed by atoms with van der Waals surface area (Å²) in [4.78, 5) is 18.9. The first-order valence-corrected chi connectivity index (χ1v) is 10.2. The second-order valence-corrected chi connectivity index (χ2v) is 8.19. The van der Waals surface area contributed by atoms with E-state index in [9.17, 15) is 15.0 Å². The molecule has 1 aliphatic heterocycles. The van der Waals surface area contributed by atoms with Crippen LogP contribution in [0.2, 0.25) is 0 Å². The number of carbonyl (C=O) groups is 1. The number of phenolic OH excluding ortho intramolecular Hbond substituents is 2. The molecule has 31 heavy (non-hydrogen) atoms. The van der Waals surface area contributed by atoms with Gasteiger partial charge in [0.1, 0.15) is 11.3 Å². The van der Waals surface area contributed by atoms with Gasteiger partial charge in [0, 0.05) is 25.2 Å². The van der Waals surface area contributed by atoms with Gasteiger partial charge in [-0.2, -0.15) is 0 Å². The molecule has 5 rings (SSSR count). The monoisotopic (exact) mass is 410 g/mol. The Kier molecular flexibility index (Phi) is 4.40. The standard InChI is InChI=1S/C26H22N2O3/c1-15-3-5-16(6-4-15)11-17-12-20-22(18-7-9-19(29)10-8-18)21-14-28(2)26(31)23(21)25(30)24(20)27-13-17/h3-10,12-13,29-30H,11,14H2,1-2H3. The molecule has 0 radical (unpaired) electrons. The molecule has 0 aliphatic carbocycles. The molecular formula is C26H22N2O3. The van der Waals surface area contributed by atoms with Crippen LogP contribution in [-0.2, 0) is 13.0 Å². The number of aromatic nitrogens is 1. The van der Waals surface area contributed by atoms with E-state index in [1.54, 1.807) is 30.3 Å². The van der Waals surface area contributed by atoms with Crippen molar-refractivity contribution in [3.05, 3.63) is 88.6 Å². The summed E-state index contributed by atoms with van der Waals surface area (Å²) in [5.41, 5.74) is 6.68. The quantitative estimate of drug-likeness (QED) is 0.509. The van der Waals surface area contributed by atoms with Crippen molar-refractivity contribution in [2.24, 2.45) is 0 Å². The van der Waals surface area contributed by atoms with Crippen molar-refractivity contribution in [3.8, 4) is 22.6 Å². The molecule has 0 saturated heterocycles. The lowest BCUT2D eigenvalue weighted by atomic mass is 9.90. The van der Waals surface area contributed by atoms with Crippen molar-refractivity contribution < 1.29 is 15.0 Å². The van der Waals surface area contributed by atoms with Crippen molar-refractivity contribution in [2.45, 2.75) is 19.9 Å². The van der Waals surface area contributed by atoms with Crippen molar-refractivity contribution >= 4 is 16.8 Å². The van der Waals surface area contributed by atoms with E-state index in [0.29, 0.717) is 17.6 Å². The lowest BCUT2D eigenvalue weighted by Gasteiger charge is -2.15. The molecule has 2 N–H and O–H groups in total. The maximum absolute atomic E-state index is 12.7. The van der Waals surface area contributed by atoms with E-state index in [-0.39, 0.29) is 17.4 Å². The fourth-order valence-corrected chi connectivity index (χ4v) is 4.32. The number of fused-ring (bicyclic) bond motifs is 2. The first-order chi connectivity index (χ1) is 14.9. The van der Waals surface area contributed by atoms with Gasteiger partial charge in [0.15, 0.2) is 5.75 Å². The molecule has 5 heteroatoms. The molecule has 5 nitrogen and oxygen atoms in total. The predicted octanol–water partition coefficient (Wildman–Crippen LogP) is 4.80. The van der Waals surface area contributed by atoms with E-state index in [0.717, 1.165) is 34.1 Å². The minimum atomic E-state index is -0.208. The number of aromatic hydroxyl groups is 2. The molecule has 2 heterocycles. The number of aryl methyl sites for hydroxylation is 1. The first kappa shape index (κ1) is 19.1. The Morgan fingerprint density at radius 3 is 2.39 bits per heavy atom. The van der Waals surface area contributed by atoms with Gasteiger partial charge in [-0.25, -0.2) is 0 Å². The van der Waals surface area contributed by atoms with Crippen LogP contribution < -0.4 is 0 Å². The molecule has 154 valence electrons. The van der Waals surface area contributed by atoms with Crippen molar-refractivity contribution in [3.63, 3.8) is 0 Å². The highest BCUT2D eigenvalue weighted by molar-refractivity contribution is 6.12. The summed E-state index contributed by atoms with van der Waals surface area (Å²) in [5.74, 6) is -0.0985. The number of hydrogen-bond acceptors (Lipinski definition) is 4. The molecule has 0 fully saturated rings. The first-order valence-electron chi connectivity index (χ1n) is 10.2. The summed E-state index contributed by atoms with van der Waals surface area (Å²) in [6, 6.07) is 17.4. The summed E-state index contributed by atoms with van der Waals surface area (Å²) in [6.07, 6.45) is 2.48. The number of rotatable bonds is 3. The fourth-order valence-electron chi connectivity index (χ4n) is 4.32. The van der Waals surface area contributed by atoms with E-state index in [1.807, 2.05) is 18.2 Å². The highest BCUT2D eigenvalue weighted by Crippen LogP contribution is 2.44. The zero-order valence-electron chi connectivity index (χ0n) is 17.4. The fraction of sp³-hybridized carbons (Fsp3) is 0.154. The number of amides is 1. The highest BCUT2D eigenvalue weighted by atomic mass is 16.3. The molecule has 0 spiro atoms. The average Bonchev–Trinajstić information content (AvgIpc) is 3.05. The van der Waals surface area contributed by atoms with Gasteiger partial charge in [-0.15, -0.1) is 0 Å². The van der Waals surface area contributed by atoms with Crippen LogP contribution in [0.5, 0.6) is 11.5 Å². The zero-order valence-corrected chi connectivity index (χ0v) is 17.4. The third kappa shape index (κ3) is 3.19. The van der Waals surface area contributed by atoms with Crippen LogP contribution in [0.1, 0.15) is 32.6 Å². The molecular weight excluding hydrogens is 388 g/mol. The lowest BCUT2D eigenvalue weighted by molar-refractivity contribution is 0.0814. The molecule has 0 saturated carbocycles. The Morgan fingerprint density at radius 1 is 0.968 bits per heavy atom. The summed E-state index contributed by atoms with van der Waals surface area (Å²) >= 11 is 0. The van der Waals surface area contributed by atoms with Gasteiger partial charge in [-0.05, 0) is 59.4 Å². The Bertz CT molecular complexity index is 1330. The Balaban J connectivity index is 1.75. The van der Waals surface area contributed by atoms with Gasteiger partial charge in [-0.1, -0.05) is 42.0 Å². The van der Waals surface area contributed by atoms with E-state index >= 15 is 0 Å². The van der Waals surface area contributed by atoms with Crippen LogP contribution in [0.25, 0.3) is 22.0 Å². The van der Waals surface area contributed by atoms with Crippen LogP contribution >= 0.6 is 0 Å². The number of benzene rings is 3. The third-order valence-electron chi connectivity index (χ3n) is 5.92. The van der Waals surface area contributed by atoms with E-state index in [2.05, 4.69) is 36.2 Å². The van der Waals surface area contributed by atoms with Gasteiger partial charge < -0.3 is 15.1 Å². The summed E-state index contributed by atoms with van der Waals surface area (Å²) in [7, 11) is 1.73. The number of pyridine rings is 1. The summed E-state index contributed by atoms with van der Waals surface area (Å²) in [6.45, 7) is 2.48. The van der Waals surface area contributed by atoms with Gasteiger partial charge in [0.05, 0.1) is 5.56 Å². The van der Waals surface area contributed by atoms with Crippen LogP contribution in [0.15, 0.2) is 60.8 Å². The molecule has 1 amide bonds. The van der Waals surface area contributed by atoms with Gasteiger partial charge in [0.25, 0.3) is 5.91 Å². The zero-order chi connectivity index (χ0) is 21.7. The van der Waals surface area contributed by atoms with E-state index in [1.165, 1.54) is 11.1 Å². The maximum atomic E-state index is 12.7. The van der Waals surface area contributed by atoms with Gasteiger partial charge in [0.2, 0.25) is 0 Å². The number of carbonyl (C=O) groups excluding carboxylic acids is 1. The molecule has 4 aromatic rings. The molecule has 0 bridgehead atoms. The van der Waals surface area contributed by atoms with Crippen LogP contribution in [0, 0.1) is 6.92 Å². The molecule has 3 aromatic carbocycles. The van der Waals surface area contributed by atoms with E-state index < -0.39 is 0 Å². The van der Waals surface area contributed by atoms with Crippen molar-refractivity contribution in [2.75, 3.05) is 7.05 Å². The molecule has 0 atom stereocenters. The smallest absolute Gasteiger partial charge is 0.258 e. The van der Waals surface area contributed by atoms with Crippen LogP contribution in [0.4, 0.5) is 0 Å². The number of hydrogen-bond donors (Lipinski definition) is 2. The van der Waals surface area contributed by atoms with Crippen molar-refractivity contribution in [1.82, 2.24) is 9.88 Å². The van der Waals surface area contributed by atoms with Gasteiger partial charge in [-0.3, -0.25) is 9.78 Å². The second kappa shape index (κ2) is 7.13. The number of phenols is 2. The molecule has 1 aromatic heterocycles. The Hall–Kier alpha value is -3.86. The molecule has 0 unspecified atom stereocenters. The largest absolute Gasteiger partial charge is 0.508 e. The van der Waals surface area contributed by atoms with Crippen LogP contribution in [-0.4, -0.2) is 33.1 Å². The number of nitrogens with zero attached hydrogens (tertiary/aromatic N) is 2. The topological polar surface area (TPSA) is 73.7 Å². The van der Waals surface area contributed by atoms with Crippen molar-refractivity contribution in [1.29, 1.82) is 0 Å².